The van der Waals surface area contributed by atoms with Crippen LogP contribution in [0.1, 0.15) is 11.4 Å². The molecule has 0 spiro atoms. The average Bonchev–Trinajstić information content (AvgIpc) is 3.02. The molecule has 130 valence electrons. The van der Waals surface area contributed by atoms with Crippen LogP contribution in [-0.2, 0) is 16.6 Å². The molecule has 0 saturated carbocycles. The second kappa shape index (κ2) is 6.69. The number of imidazole rings is 1. The van der Waals surface area contributed by atoms with E-state index in [1.807, 2.05) is 6.92 Å². The van der Waals surface area contributed by atoms with E-state index in [0.29, 0.717) is 17.4 Å². The van der Waals surface area contributed by atoms with Crippen LogP contribution in [0.3, 0.4) is 0 Å². The van der Waals surface area contributed by atoms with E-state index >= 15 is 0 Å². The molecule has 3 rings (SSSR count). The molecule has 0 bridgehead atoms. The summed E-state index contributed by atoms with van der Waals surface area (Å²) in [5, 5.41) is 0. The molecular formula is C16H14F2N4O2S. The highest BCUT2D eigenvalue weighted by atomic mass is 32.2. The van der Waals surface area contributed by atoms with Crippen molar-refractivity contribution in [2.45, 2.75) is 18.4 Å². The van der Waals surface area contributed by atoms with Crippen LogP contribution in [0.5, 0.6) is 0 Å². The summed E-state index contributed by atoms with van der Waals surface area (Å²) in [7, 11) is -3.97. The Labute approximate surface area is 143 Å². The maximum atomic E-state index is 13.2. The Kier molecular flexibility index (Phi) is 4.60. The summed E-state index contributed by atoms with van der Waals surface area (Å²) >= 11 is 0. The topological polar surface area (TPSA) is 76.9 Å². The number of hydrogen-bond acceptors (Lipinski definition) is 4. The number of aryl methyl sites for hydroxylation is 1. The number of aromatic nitrogens is 3. The number of halogens is 2. The van der Waals surface area contributed by atoms with Gasteiger partial charge in [0.05, 0.1) is 4.90 Å². The minimum Gasteiger partial charge on any atom is -0.288 e. The third kappa shape index (κ3) is 3.72. The van der Waals surface area contributed by atoms with Crippen LogP contribution >= 0.6 is 0 Å². The lowest BCUT2D eigenvalue weighted by molar-refractivity contribution is 0.504. The Balaban J connectivity index is 1.79. The minimum atomic E-state index is -3.97. The largest absolute Gasteiger partial charge is 0.288 e. The lowest BCUT2D eigenvalue weighted by atomic mass is 10.2. The van der Waals surface area contributed by atoms with Gasteiger partial charge in [-0.15, -0.1) is 0 Å². The van der Waals surface area contributed by atoms with Gasteiger partial charge in [-0.2, -0.15) is 0 Å². The third-order valence-electron chi connectivity index (χ3n) is 3.55. The van der Waals surface area contributed by atoms with Crippen LogP contribution in [0.2, 0.25) is 0 Å². The minimum absolute atomic E-state index is 0.0232. The molecular weight excluding hydrogens is 350 g/mol. The second-order valence-corrected chi connectivity index (χ2v) is 7.03. The molecule has 1 N–H and O–H groups in total. The van der Waals surface area contributed by atoms with Crippen LogP contribution in [0.15, 0.2) is 53.8 Å². The average molecular weight is 364 g/mol. The fourth-order valence-corrected chi connectivity index (χ4v) is 3.26. The maximum absolute atomic E-state index is 13.2. The molecule has 1 aromatic carbocycles. The monoisotopic (exact) mass is 364 g/mol. The standard InChI is InChI=1S/C16H14F2N4O2S/c1-11-19-6-7-22(11)16-8-12(4-5-20-16)10-21-25(23,24)13-2-3-14(17)15(18)9-13/h2-9,21H,10H2,1H3. The van der Waals surface area contributed by atoms with Gasteiger partial charge in [-0.1, -0.05) is 0 Å². The first kappa shape index (κ1) is 17.2. The third-order valence-corrected chi connectivity index (χ3v) is 4.95. The smallest absolute Gasteiger partial charge is 0.240 e. The van der Waals surface area contributed by atoms with Crippen LogP contribution in [0, 0.1) is 18.6 Å². The zero-order valence-corrected chi connectivity index (χ0v) is 14.0. The van der Waals surface area contributed by atoms with Crippen LogP contribution in [-0.4, -0.2) is 23.0 Å². The van der Waals surface area contributed by atoms with E-state index in [2.05, 4.69) is 14.7 Å². The van der Waals surface area contributed by atoms with E-state index in [1.54, 1.807) is 35.3 Å². The van der Waals surface area contributed by atoms with Crippen molar-refractivity contribution in [3.8, 4) is 5.82 Å². The summed E-state index contributed by atoms with van der Waals surface area (Å²) in [5.74, 6) is -0.982. The highest BCUT2D eigenvalue weighted by molar-refractivity contribution is 7.89. The molecule has 6 nitrogen and oxygen atoms in total. The molecule has 2 aromatic heterocycles. The van der Waals surface area contributed by atoms with Gasteiger partial charge in [0.1, 0.15) is 11.6 Å². The lowest BCUT2D eigenvalue weighted by Gasteiger charge is -2.09. The van der Waals surface area contributed by atoms with E-state index in [1.165, 1.54) is 0 Å². The summed E-state index contributed by atoms with van der Waals surface area (Å²) in [5.41, 5.74) is 0.657. The van der Waals surface area contributed by atoms with Crippen molar-refractivity contribution in [1.29, 1.82) is 0 Å². The van der Waals surface area contributed by atoms with Crippen molar-refractivity contribution in [3.63, 3.8) is 0 Å². The predicted octanol–water partition coefficient (Wildman–Crippen LogP) is 2.33. The van der Waals surface area contributed by atoms with Gasteiger partial charge in [0.2, 0.25) is 10.0 Å². The molecule has 0 aliphatic heterocycles. The quantitative estimate of drug-likeness (QED) is 0.754. The summed E-state index contributed by atoms with van der Waals surface area (Å²) in [6.07, 6.45) is 4.93. The maximum Gasteiger partial charge on any atom is 0.240 e. The molecule has 0 amide bonds. The molecule has 9 heteroatoms. The molecule has 0 saturated heterocycles. The predicted molar refractivity (Wildman–Crippen MR) is 86.5 cm³/mol. The summed E-state index contributed by atoms with van der Waals surface area (Å²) < 4.78 is 54.7. The molecule has 0 atom stereocenters. The van der Waals surface area contributed by atoms with Gasteiger partial charge in [0, 0.05) is 25.1 Å². The van der Waals surface area contributed by atoms with Crippen LogP contribution in [0.25, 0.3) is 5.82 Å². The normalized spacial score (nSPS) is 11.6. The SMILES string of the molecule is Cc1nccn1-c1cc(CNS(=O)(=O)c2ccc(F)c(F)c2)ccn1. The van der Waals surface area contributed by atoms with Crippen molar-refractivity contribution >= 4 is 10.0 Å². The van der Waals surface area contributed by atoms with E-state index in [9.17, 15) is 17.2 Å². The van der Waals surface area contributed by atoms with Gasteiger partial charge in [-0.25, -0.2) is 31.9 Å². The van der Waals surface area contributed by atoms with Crippen molar-refractivity contribution in [3.05, 3.63) is 71.9 Å². The number of nitrogens with zero attached hydrogens (tertiary/aromatic N) is 3. The zero-order valence-electron chi connectivity index (χ0n) is 13.1. The highest BCUT2D eigenvalue weighted by Crippen LogP contribution is 2.15. The molecule has 2 heterocycles. The van der Waals surface area contributed by atoms with E-state index < -0.39 is 21.7 Å². The Hall–Kier alpha value is -2.65. The van der Waals surface area contributed by atoms with E-state index in [4.69, 9.17) is 0 Å². The van der Waals surface area contributed by atoms with Gasteiger partial charge in [0.15, 0.2) is 11.6 Å². The van der Waals surface area contributed by atoms with Gasteiger partial charge < -0.3 is 0 Å². The fourth-order valence-electron chi connectivity index (χ4n) is 2.23. The van der Waals surface area contributed by atoms with E-state index in [-0.39, 0.29) is 11.4 Å². The number of pyridine rings is 1. The zero-order chi connectivity index (χ0) is 18.0. The number of nitrogens with one attached hydrogen (secondary N) is 1. The van der Waals surface area contributed by atoms with Gasteiger partial charge in [0.25, 0.3) is 0 Å². The lowest BCUT2D eigenvalue weighted by Crippen LogP contribution is -2.23. The number of rotatable bonds is 5. The highest BCUT2D eigenvalue weighted by Gasteiger charge is 2.16. The first-order valence-electron chi connectivity index (χ1n) is 7.27. The Bertz CT molecular complexity index is 1020. The number of sulfonamides is 1. The second-order valence-electron chi connectivity index (χ2n) is 5.27. The van der Waals surface area contributed by atoms with Crippen molar-refractivity contribution < 1.29 is 17.2 Å². The summed E-state index contributed by atoms with van der Waals surface area (Å²) in [6.45, 7) is 1.80. The van der Waals surface area contributed by atoms with Crippen LogP contribution in [0.4, 0.5) is 8.78 Å². The molecule has 25 heavy (non-hydrogen) atoms. The van der Waals surface area contributed by atoms with Crippen molar-refractivity contribution in [1.82, 2.24) is 19.3 Å². The number of hydrogen-bond donors (Lipinski definition) is 1. The molecule has 0 fully saturated rings. The first-order valence-corrected chi connectivity index (χ1v) is 8.75. The fraction of sp³-hybridized carbons (Fsp3) is 0.125. The van der Waals surface area contributed by atoms with Crippen molar-refractivity contribution in [2.24, 2.45) is 0 Å². The molecule has 0 radical (unpaired) electrons. The molecule has 0 aliphatic carbocycles. The van der Waals surface area contributed by atoms with Gasteiger partial charge >= 0.3 is 0 Å². The first-order chi connectivity index (χ1) is 11.9. The van der Waals surface area contributed by atoms with Gasteiger partial charge in [-0.05, 0) is 42.8 Å². The summed E-state index contributed by atoms with van der Waals surface area (Å²) in [6, 6.07) is 5.79. The van der Waals surface area contributed by atoms with E-state index in [0.717, 1.165) is 18.0 Å². The Morgan fingerprint density at radius 1 is 1.08 bits per heavy atom. The van der Waals surface area contributed by atoms with Crippen LogP contribution < -0.4 is 4.72 Å². The molecule has 0 unspecified atom stereocenters. The Morgan fingerprint density at radius 2 is 1.88 bits per heavy atom. The number of benzene rings is 1. The molecule has 0 aliphatic rings. The van der Waals surface area contributed by atoms with Crippen molar-refractivity contribution in [2.75, 3.05) is 0 Å². The van der Waals surface area contributed by atoms with Gasteiger partial charge in [-0.3, -0.25) is 4.57 Å². The Morgan fingerprint density at radius 3 is 2.56 bits per heavy atom. The molecule has 3 aromatic rings. The summed E-state index contributed by atoms with van der Waals surface area (Å²) in [4.78, 5) is 7.99.